The first-order chi connectivity index (χ1) is 71.3. The van der Waals surface area contributed by atoms with E-state index in [2.05, 4.69) is 35.8 Å². The van der Waals surface area contributed by atoms with Crippen LogP contribution in [0.3, 0.4) is 0 Å². The highest BCUT2D eigenvalue weighted by Crippen LogP contribution is 2.35. The van der Waals surface area contributed by atoms with Crippen molar-refractivity contribution in [2.24, 2.45) is 0 Å². The van der Waals surface area contributed by atoms with Crippen LogP contribution in [0, 0.1) is 42.5 Å². The summed E-state index contributed by atoms with van der Waals surface area (Å²) in [5.41, 5.74) is 5.13. The molecule has 0 radical (unpaired) electrons. The average Bonchev–Trinajstić information content (AvgIpc) is 1.60. The lowest BCUT2D eigenvalue weighted by Crippen LogP contribution is -2.40. The Bertz CT molecular complexity index is 8020. The number of terminal acetylenes is 1. The van der Waals surface area contributed by atoms with Gasteiger partial charge in [0.1, 0.15) is 59.3 Å². The third-order valence-electron chi connectivity index (χ3n) is 26.7. The third-order valence-corrected chi connectivity index (χ3v) is 26.7. The summed E-state index contributed by atoms with van der Waals surface area (Å²) in [5.74, 6) is 2.98. The van der Waals surface area contributed by atoms with E-state index >= 15 is 0 Å². The van der Waals surface area contributed by atoms with Crippen molar-refractivity contribution in [2.75, 3.05) is 26.4 Å². The Morgan fingerprint density at radius 3 is 0.844 bits per heavy atom. The van der Waals surface area contributed by atoms with Gasteiger partial charge in [0.05, 0.1) is 13.1 Å². The molecule has 4 aliphatic rings. The number of halogens is 4. The fourth-order valence-corrected chi connectivity index (χ4v) is 17.9. The molecule has 0 saturated heterocycles. The van der Waals surface area contributed by atoms with Crippen molar-refractivity contribution in [1.29, 1.82) is 0 Å². The summed E-state index contributed by atoms with van der Waals surface area (Å²) < 4.78 is 96.2. The summed E-state index contributed by atoms with van der Waals surface area (Å²) >= 11 is 0. The van der Waals surface area contributed by atoms with E-state index in [0.29, 0.717) is 130 Å². The normalized spacial score (nSPS) is 13.7. The quantitative estimate of drug-likeness (QED) is 0.0209. The highest BCUT2D eigenvalue weighted by molar-refractivity contribution is 5.81. The highest BCUT2D eigenvalue weighted by Gasteiger charge is 2.32. The zero-order chi connectivity index (χ0) is 103. The van der Waals surface area contributed by atoms with Crippen molar-refractivity contribution >= 4 is 44.7 Å². The molecule has 4 N–H and O–H groups in total. The highest BCUT2D eigenvalue weighted by atomic mass is 19.2. The van der Waals surface area contributed by atoms with E-state index in [1.54, 1.807) is 72.0 Å². The van der Waals surface area contributed by atoms with Crippen molar-refractivity contribution < 1.29 is 56.9 Å². The van der Waals surface area contributed by atoms with Gasteiger partial charge in [-0.2, -0.15) is 0 Å². The van der Waals surface area contributed by atoms with Crippen molar-refractivity contribution in [3.63, 3.8) is 0 Å². The maximum absolute atomic E-state index is 14.0. The topological polar surface area (TPSA) is 417 Å². The first kappa shape index (κ1) is 103. The van der Waals surface area contributed by atoms with Crippen LogP contribution in [0.25, 0.3) is 90.2 Å². The number of pyridine rings is 4. The van der Waals surface area contributed by atoms with Crippen LogP contribution >= 0.6 is 0 Å². The molecule has 147 heavy (non-hydrogen) atoms. The zero-order valence-corrected chi connectivity index (χ0v) is 82.2. The van der Waals surface area contributed by atoms with Gasteiger partial charge in [-0.05, 0) is 220 Å². The number of rotatable bonds is 36. The number of benzene rings is 4. The van der Waals surface area contributed by atoms with Crippen molar-refractivity contribution in [3.05, 3.63) is 298 Å². The largest absolute Gasteiger partial charge is 0.474 e. The molecule has 0 unspecified atom stereocenters. The van der Waals surface area contributed by atoms with Gasteiger partial charge in [0.15, 0.2) is 56.3 Å². The molecule has 4 fully saturated rings. The Kier molecular flexibility index (Phi) is 32.3. The van der Waals surface area contributed by atoms with Crippen LogP contribution in [0.1, 0.15) is 164 Å². The van der Waals surface area contributed by atoms with E-state index in [-0.39, 0.29) is 144 Å². The maximum Gasteiger partial charge on any atom is 0.332 e. The number of hydrogen-bond acceptors (Lipinski definition) is 24. The molecule has 12 aromatic heterocycles. The third kappa shape index (κ3) is 22.2. The molecule has 4 aliphatic carbocycles. The number of nitrogens with zero attached hydrogens (tertiary/aromatic N) is 20. The monoisotopic (exact) mass is 2010 g/mol. The van der Waals surface area contributed by atoms with Gasteiger partial charge in [-0.1, -0.05) is 53.9 Å². The number of imidazole rings is 4. The minimum atomic E-state index is -1.01. The number of aliphatic hydroxyl groups is 4. The predicted octanol–water partition coefficient (Wildman–Crippen LogP) is 12.1. The zero-order valence-electron chi connectivity index (χ0n) is 82.2. The maximum atomic E-state index is 14.0. The van der Waals surface area contributed by atoms with Gasteiger partial charge >= 0.3 is 22.8 Å². The van der Waals surface area contributed by atoms with Crippen LogP contribution in [-0.4, -0.2) is 166 Å². The number of fused-ring (bicyclic) bond motifs is 4. The molecule has 40 heteroatoms. The molecular weight excluding hydrogens is 1900 g/mol. The lowest BCUT2D eigenvalue weighted by molar-refractivity contribution is 0.114. The Hall–Kier alpha value is -15.6. The summed E-state index contributed by atoms with van der Waals surface area (Å²) in [5, 5.41) is 37.2. The van der Waals surface area contributed by atoms with Crippen LogP contribution < -0.4 is 63.9 Å². The average molecular weight is 2010 g/mol. The Labute approximate surface area is 838 Å². The first-order valence-corrected chi connectivity index (χ1v) is 49.7. The number of hydrogen-bond donors (Lipinski definition) is 4. The van der Waals surface area contributed by atoms with Crippen LogP contribution in [0.4, 0.5) is 17.6 Å². The number of aryl methyl sites for hydroxylation is 5. The van der Waals surface area contributed by atoms with Crippen LogP contribution in [0.15, 0.2) is 197 Å². The minimum absolute atomic E-state index is 0.000513. The predicted molar refractivity (Wildman–Crippen MR) is 543 cm³/mol. The summed E-state index contributed by atoms with van der Waals surface area (Å²) in [4.78, 5) is 144. The molecule has 766 valence electrons. The van der Waals surface area contributed by atoms with Crippen LogP contribution in [0.5, 0.6) is 23.5 Å². The van der Waals surface area contributed by atoms with Crippen molar-refractivity contribution in [1.82, 2.24) is 94.7 Å². The Morgan fingerprint density at radius 1 is 0.327 bits per heavy atom. The van der Waals surface area contributed by atoms with E-state index < -0.39 is 68.3 Å². The molecule has 0 aliphatic heterocycles. The second kappa shape index (κ2) is 46.2. The van der Waals surface area contributed by atoms with E-state index in [4.69, 9.17) is 35.3 Å². The number of aliphatic hydroxyl groups excluding tert-OH is 4. The molecule has 36 nitrogen and oxygen atoms in total. The van der Waals surface area contributed by atoms with E-state index in [0.717, 1.165) is 119 Å². The van der Waals surface area contributed by atoms with Gasteiger partial charge in [0, 0.05) is 175 Å². The van der Waals surface area contributed by atoms with E-state index in [1.807, 2.05) is 103 Å². The van der Waals surface area contributed by atoms with Gasteiger partial charge in [0.25, 0.3) is 22.2 Å². The molecule has 0 atom stereocenters. The van der Waals surface area contributed by atoms with Gasteiger partial charge in [-0.25, -0.2) is 76.6 Å². The second-order valence-electron chi connectivity index (χ2n) is 36.6. The van der Waals surface area contributed by atoms with Gasteiger partial charge in [-0.3, -0.25) is 55.7 Å². The molecule has 4 saturated carbocycles. The summed E-state index contributed by atoms with van der Waals surface area (Å²) in [7, 11) is 0. The van der Waals surface area contributed by atoms with Gasteiger partial charge in [0.2, 0.25) is 23.5 Å². The fourth-order valence-electron chi connectivity index (χ4n) is 17.9. The van der Waals surface area contributed by atoms with Crippen molar-refractivity contribution in [3.8, 4) is 81.4 Å². The molecule has 0 amide bonds. The van der Waals surface area contributed by atoms with Gasteiger partial charge in [-0.15, -0.1) is 6.42 Å². The summed E-state index contributed by atoms with van der Waals surface area (Å²) in [6.07, 6.45) is 26.6. The van der Waals surface area contributed by atoms with E-state index in [1.165, 1.54) is 58.4 Å². The number of ether oxygens (including phenoxy) is 4. The Balaban J connectivity index is 0.000000134. The molecular formula is C107H114F4N20O16. The molecule has 0 spiro atoms. The minimum Gasteiger partial charge on any atom is -0.474 e. The molecule has 0 bridgehead atoms. The fraction of sp³-hybridized carbons (Fsp3) is 0.383. The smallest absolute Gasteiger partial charge is 0.332 e. The van der Waals surface area contributed by atoms with Gasteiger partial charge < -0.3 is 57.6 Å². The molecule has 16 aromatic rings. The molecule has 12 heterocycles. The second-order valence-corrected chi connectivity index (χ2v) is 36.6. The number of aromatic nitrogens is 20. The summed E-state index contributed by atoms with van der Waals surface area (Å²) in [6, 6.07) is 36.7. The lowest BCUT2D eigenvalue weighted by atomic mass is 9.96. The molecule has 4 aromatic carbocycles. The first-order valence-electron chi connectivity index (χ1n) is 49.7. The molecule has 20 rings (SSSR count). The standard InChI is InChI=1S/C28H29N5O4.C27H31N5O4.2C26H27F2N5O4/c1-3-19-9-11-20(12-10-19)18-33-24-26(31(4-2)28(36)32(27(24)35)15-6-16-34)30-25(33)21-13-14-23(29-17-21)37-22-7-5-8-22;1-3-30-25-23(26(34)31(27(30)35)14-5-15-33)32(17-19-10-8-18(2)9-11-19)24(29-25)20-12-13-22(28-16-20)36-21-6-4-7-21;1-2-31-24-22(25(35)32(26(31)36)11-4-12-34)33(15-16-7-9-19(27)20(28)13-16)23(30-24)17-8-10-21(29-14-17)37-18-5-3-6-18;1-2-31-24-22(25(35)32(26(31)36)9-4-10-34)33(15-16-11-18(27)13-19(28)12-16)23(30-24)17-7-8-21(29-14-17)37-20-5-3-6-20/h1,9-14,17,22,34H,4-8,15-16,18H2,2H3;8-13,16,21,33H,3-7,14-15,17H2,1-2H3;7-10,13-14,18,34H,2-6,11-12,15H2,1H3;7-8,11-14,20,34H,2-6,9-10,15H2,1H3. The van der Waals surface area contributed by atoms with Crippen LogP contribution in [-0.2, 0) is 78.5 Å². The van der Waals surface area contributed by atoms with E-state index in [9.17, 15) is 76.3 Å². The Morgan fingerprint density at radius 2 is 0.599 bits per heavy atom. The SMILES string of the molecule is C#Cc1ccc(Cn2c(-c3ccc(OC4CCC4)nc3)nc3c2c(=O)n(CCCO)c(=O)n3CC)cc1.CCn1c(=O)n(CCCO)c(=O)c2c1nc(-c1ccc(OC3CCC3)nc1)n2Cc1cc(F)cc(F)c1.CCn1c(=O)n(CCCO)c(=O)c2c1nc(-c1ccc(OC3CCC3)nc1)n2Cc1ccc(C)cc1.CCn1c(=O)n(CCCO)c(=O)c2c1nc(-c1ccc(OC3CCC3)nc1)n2Cc1ccc(F)c(F)c1. The van der Waals surface area contributed by atoms with Crippen LogP contribution in [0.2, 0.25) is 0 Å². The lowest BCUT2D eigenvalue weighted by Gasteiger charge is -2.25. The van der Waals surface area contributed by atoms with Crippen molar-refractivity contribution in [2.45, 2.75) is 240 Å². The summed E-state index contributed by atoms with van der Waals surface area (Å²) in [6.45, 7) is 10.8.